The van der Waals surface area contributed by atoms with Crippen molar-refractivity contribution in [2.24, 2.45) is 0 Å². The minimum absolute atomic E-state index is 0.186. The summed E-state index contributed by atoms with van der Waals surface area (Å²) in [5, 5.41) is 2.33. The first kappa shape index (κ1) is 20.9. The van der Waals surface area contributed by atoms with Crippen molar-refractivity contribution in [2.75, 3.05) is 4.90 Å². The third kappa shape index (κ3) is 4.45. The van der Waals surface area contributed by atoms with Crippen LogP contribution in [0.1, 0.15) is 6.85 Å². The molecule has 0 aliphatic rings. The molecule has 0 bridgehead atoms. The third-order valence-corrected chi connectivity index (χ3v) is 8.08. The molecule has 0 spiro atoms. The molecule has 0 N–H and O–H groups in total. The van der Waals surface area contributed by atoms with E-state index in [0.29, 0.717) is 5.56 Å². The smallest absolute Gasteiger partial charge is 0.0629 e. The predicted octanol–water partition coefficient (Wildman–Crippen LogP) is 11.6. The van der Waals surface area contributed by atoms with Gasteiger partial charge in [-0.1, -0.05) is 127 Å². The van der Waals surface area contributed by atoms with E-state index in [-0.39, 0.29) is 29.7 Å². The Morgan fingerprint density at radius 3 is 1.86 bits per heavy atom. The molecular formula is C42H30N2. The van der Waals surface area contributed by atoms with Crippen molar-refractivity contribution in [3.63, 3.8) is 0 Å². The molecular weight excluding hydrogens is 532 g/mol. The number of hydrogen-bond donors (Lipinski definition) is 0. The zero-order chi connectivity index (χ0) is 33.6. The zero-order valence-corrected chi connectivity index (χ0v) is 23.8. The first-order valence-electron chi connectivity index (χ1n) is 17.1. The summed E-state index contributed by atoms with van der Waals surface area (Å²) in [6, 6.07) is 50.1. The van der Waals surface area contributed by atoms with Crippen LogP contribution in [0.3, 0.4) is 0 Å². The Kier molecular flexibility index (Phi) is 5.27. The Bertz CT molecular complexity index is 2460. The van der Waals surface area contributed by atoms with Crippen LogP contribution < -0.4 is 4.90 Å². The van der Waals surface area contributed by atoms with Crippen LogP contribution >= 0.6 is 0 Å². The Morgan fingerprint density at radius 2 is 1.07 bits per heavy atom. The van der Waals surface area contributed by atoms with Gasteiger partial charge in [-0.25, -0.2) is 0 Å². The Balaban J connectivity index is 1.34. The number of aromatic nitrogens is 1. The normalized spacial score (nSPS) is 12.8. The van der Waals surface area contributed by atoms with Gasteiger partial charge in [0.05, 0.1) is 23.6 Å². The quantitative estimate of drug-likeness (QED) is 0.194. The van der Waals surface area contributed by atoms with Crippen molar-refractivity contribution in [2.45, 2.75) is 0 Å². The maximum absolute atomic E-state index is 8.50. The summed E-state index contributed by atoms with van der Waals surface area (Å²) in [5.74, 6) is 0. The molecule has 208 valence electrons. The van der Waals surface area contributed by atoms with Crippen molar-refractivity contribution in [3.05, 3.63) is 182 Å². The van der Waals surface area contributed by atoms with Crippen molar-refractivity contribution in [1.29, 1.82) is 0 Å². The first-order chi connectivity index (χ1) is 23.9. The maximum atomic E-state index is 8.50. The van der Waals surface area contributed by atoms with Gasteiger partial charge in [0.15, 0.2) is 0 Å². The molecule has 2 nitrogen and oxygen atoms in total. The number of nitrogens with zero attached hydrogens (tertiary/aromatic N) is 2. The fourth-order valence-corrected chi connectivity index (χ4v) is 6.17. The highest BCUT2D eigenvalue weighted by Gasteiger charge is 2.21. The van der Waals surface area contributed by atoms with Gasteiger partial charge in [0.2, 0.25) is 0 Å². The van der Waals surface area contributed by atoms with Gasteiger partial charge in [-0.05, 0) is 71.3 Å². The molecule has 0 saturated carbocycles. The van der Waals surface area contributed by atoms with Gasteiger partial charge in [-0.3, -0.25) is 0 Å². The van der Waals surface area contributed by atoms with E-state index in [0.717, 1.165) is 44.9 Å². The van der Waals surface area contributed by atoms with E-state index < -0.39 is 6.04 Å². The summed E-state index contributed by atoms with van der Waals surface area (Å²) in [6.45, 7) is 0. The van der Waals surface area contributed by atoms with E-state index >= 15 is 0 Å². The van der Waals surface area contributed by atoms with Crippen LogP contribution in [-0.4, -0.2) is 4.57 Å². The lowest BCUT2D eigenvalue weighted by Crippen LogP contribution is -2.11. The minimum Gasteiger partial charge on any atom is -0.310 e. The van der Waals surface area contributed by atoms with Gasteiger partial charge in [0.1, 0.15) is 0 Å². The van der Waals surface area contributed by atoms with Crippen LogP contribution in [0.4, 0.5) is 17.1 Å². The van der Waals surface area contributed by atoms with Gasteiger partial charge in [0.25, 0.3) is 0 Å². The highest BCUT2D eigenvalue weighted by Crippen LogP contribution is 2.45. The Morgan fingerprint density at radius 1 is 0.455 bits per heavy atom. The van der Waals surface area contributed by atoms with Crippen LogP contribution in [-0.2, 0) is 0 Å². The van der Waals surface area contributed by atoms with Crippen molar-refractivity contribution >= 4 is 38.9 Å². The SMILES string of the molecule is [2H]c1c([2H])c([2H])c(-c2ccc(N(c3ccccc3)c3ccccc3-c3cccc4c3c3ccccc3n4-c3ccccc3)cc2)c([2H])c1[2H]. The van der Waals surface area contributed by atoms with E-state index in [1.807, 2.05) is 54.6 Å². The number of hydrogen-bond acceptors (Lipinski definition) is 1. The summed E-state index contributed by atoms with van der Waals surface area (Å²) >= 11 is 0. The van der Waals surface area contributed by atoms with Crippen LogP contribution in [0.25, 0.3) is 49.7 Å². The van der Waals surface area contributed by atoms with E-state index in [1.165, 1.54) is 10.8 Å². The summed E-state index contributed by atoms with van der Waals surface area (Å²) < 4.78 is 43.7. The van der Waals surface area contributed by atoms with Crippen molar-refractivity contribution in [3.8, 4) is 27.9 Å². The second-order valence-electron chi connectivity index (χ2n) is 10.6. The Labute approximate surface area is 264 Å². The molecule has 2 heteroatoms. The van der Waals surface area contributed by atoms with Gasteiger partial charge >= 0.3 is 0 Å². The average molecular weight is 568 g/mol. The molecule has 0 saturated heterocycles. The van der Waals surface area contributed by atoms with Crippen molar-refractivity contribution < 1.29 is 6.85 Å². The number of benzene rings is 7. The molecule has 0 radical (unpaired) electrons. The standard InChI is InChI=1S/C42H30N2/c1-4-15-31(16-5-1)32-27-29-35(30-28-32)43(33-17-6-2-7-18-33)39-24-12-10-21-36(39)37-23-14-26-41-42(37)38-22-11-13-25-40(38)44(41)34-19-8-3-9-20-34/h1-30H/i1D,4D,5D,15D,16D. The molecule has 0 unspecified atom stereocenters. The van der Waals surface area contributed by atoms with Gasteiger partial charge in [-0.15, -0.1) is 0 Å². The van der Waals surface area contributed by atoms with E-state index in [4.69, 9.17) is 6.85 Å². The first-order valence-corrected chi connectivity index (χ1v) is 14.6. The molecule has 0 aliphatic carbocycles. The molecule has 8 aromatic rings. The molecule has 8 rings (SSSR count). The molecule has 0 aliphatic heterocycles. The summed E-state index contributed by atoms with van der Waals surface area (Å²) in [4.78, 5) is 2.20. The van der Waals surface area contributed by atoms with Gasteiger partial charge in [-0.2, -0.15) is 0 Å². The minimum atomic E-state index is -0.399. The van der Waals surface area contributed by atoms with E-state index in [1.54, 1.807) is 0 Å². The lowest BCUT2D eigenvalue weighted by Gasteiger charge is -2.28. The maximum Gasteiger partial charge on any atom is 0.0629 e. The second kappa shape index (κ2) is 11.1. The fourth-order valence-electron chi connectivity index (χ4n) is 6.17. The van der Waals surface area contributed by atoms with Crippen LogP contribution in [0.15, 0.2) is 182 Å². The molecule has 44 heavy (non-hydrogen) atoms. The Hall–Kier alpha value is -5.86. The zero-order valence-electron chi connectivity index (χ0n) is 28.8. The highest BCUT2D eigenvalue weighted by molar-refractivity contribution is 6.16. The third-order valence-electron chi connectivity index (χ3n) is 8.08. The fraction of sp³-hybridized carbons (Fsp3) is 0. The van der Waals surface area contributed by atoms with Crippen LogP contribution in [0, 0.1) is 0 Å². The van der Waals surface area contributed by atoms with Crippen LogP contribution in [0.2, 0.25) is 0 Å². The molecule has 7 aromatic carbocycles. The monoisotopic (exact) mass is 567 g/mol. The second-order valence-corrected chi connectivity index (χ2v) is 10.6. The predicted molar refractivity (Wildman–Crippen MR) is 186 cm³/mol. The number of anilines is 3. The van der Waals surface area contributed by atoms with Crippen molar-refractivity contribution in [1.82, 2.24) is 4.57 Å². The lowest BCUT2D eigenvalue weighted by molar-refractivity contribution is 1.18. The average Bonchev–Trinajstić information content (AvgIpc) is 3.50. The molecule has 1 heterocycles. The van der Waals surface area contributed by atoms with Gasteiger partial charge < -0.3 is 9.47 Å². The van der Waals surface area contributed by atoms with E-state index in [9.17, 15) is 0 Å². The number of fused-ring (bicyclic) bond motifs is 3. The summed E-state index contributed by atoms with van der Waals surface area (Å²) in [6.07, 6.45) is 0. The number of para-hydroxylation sites is 4. The number of rotatable bonds is 6. The summed E-state index contributed by atoms with van der Waals surface area (Å²) in [5.41, 5.74) is 9.07. The summed E-state index contributed by atoms with van der Waals surface area (Å²) in [7, 11) is 0. The molecule has 0 atom stereocenters. The molecule has 1 aromatic heterocycles. The highest BCUT2D eigenvalue weighted by atomic mass is 15.1. The molecule has 0 amide bonds. The lowest BCUT2D eigenvalue weighted by atomic mass is 9.96. The van der Waals surface area contributed by atoms with Gasteiger partial charge in [0, 0.05) is 33.4 Å². The largest absolute Gasteiger partial charge is 0.310 e. The van der Waals surface area contributed by atoms with E-state index in [2.05, 4.69) is 107 Å². The topological polar surface area (TPSA) is 8.17 Å². The van der Waals surface area contributed by atoms with Crippen LogP contribution in [0.5, 0.6) is 0 Å². The molecule has 0 fully saturated rings.